The highest BCUT2D eigenvalue weighted by Gasteiger charge is 2.16. The number of benzene rings is 1. The molecule has 0 atom stereocenters. The van der Waals surface area contributed by atoms with E-state index in [1.807, 2.05) is 49.4 Å². The SMILES string of the molecule is CCOC(=O)\C(=C/C=C/C=C/C(C)=C/c1ccccc1)C(=O)O. The number of carboxylic acid groups (broad SMARTS) is 1. The molecule has 0 aliphatic carbocycles. The van der Waals surface area contributed by atoms with Crippen LogP contribution in [0.15, 0.2) is 71.9 Å². The molecule has 0 aliphatic rings. The Kier molecular flexibility index (Phi) is 7.86. The van der Waals surface area contributed by atoms with Crippen molar-refractivity contribution in [1.29, 1.82) is 0 Å². The molecule has 0 aromatic heterocycles. The lowest BCUT2D eigenvalue weighted by Gasteiger charge is -2.00. The van der Waals surface area contributed by atoms with Crippen LogP contribution in [-0.2, 0) is 14.3 Å². The minimum atomic E-state index is -1.31. The van der Waals surface area contributed by atoms with Crippen LogP contribution in [0.4, 0.5) is 0 Å². The lowest BCUT2D eigenvalue weighted by atomic mass is 10.1. The molecule has 4 heteroatoms. The fourth-order valence-electron chi connectivity index (χ4n) is 1.72. The molecule has 4 nitrogen and oxygen atoms in total. The smallest absolute Gasteiger partial charge is 0.345 e. The van der Waals surface area contributed by atoms with E-state index in [0.29, 0.717) is 0 Å². The number of ether oxygens (including phenoxy) is 1. The Balaban J connectivity index is 2.69. The van der Waals surface area contributed by atoms with Crippen LogP contribution in [0.1, 0.15) is 19.4 Å². The summed E-state index contributed by atoms with van der Waals surface area (Å²) in [5.41, 5.74) is 1.76. The largest absolute Gasteiger partial charge is 0.477 e. The maximum atomic E-state index is 11.4. The molecule has 0 amide bonds. The molecule has 0 saturated heterocycles. The number of esters is 1. The Bertz CT molecular complexity index is 649. The van der Waals surface area contributed by atoms with Crippen molar-refractivity contribution in [3.05, 3.63) is 77.4 Å². The van der Waals surface area contributed by atoms with Crippen LogP contribution in [0.25, 0.3) is 6.08 Å². The van der Waals surface area contributed by atoms with Crippen molar-refractivity contribution in [1.82, 2.24) is 0 Å². The number of allylic oxidation sites excluding steroid dienone is 6. The van der Waals surface area contributed by atoms with E-state index in [4.69, 9.17) is 5.11 Å². The quantitative estimate of drug-likeness (QED) is 0.274. The van der Waals surface area contributed by atoms with E-state index < -0.39 is 17.5 Å². The maximum Gasteiger partial charge on any atom is 0.345 e. The maximum absolute atomic E-state index is 11.4. The molecule has 120 valence electrons. The summed E-state index contributed by atoms with van der Waals surface area (Å²) in [5, 5.41) is 8.95. The average Bonchev–Trinajstić information content (AvgIpc) is 2.51. The van der Waals surface area contributed by atoms with E-state index in [2.05, 4.69) is 4.74 Å². The van der Waals surface area contributed by atoms with Gasteiger partial charge in [0.25, 0.3) is 0 Å². The monoisotopic (exact) mass is 312 g/mol. The highest BCUT2D eigenvalue weighted by molar-refractivity contribution is 6.13. The van der Waals surface area contributed by atoms with E-state index in [1.165, 1.54) is 12.2 Å². The van der Waals surface area contributed by atoms with E-state index in [0.717, 1.165) is 11.1 Å². The Morgan fingerprint density at radius 1 is 1.13 bits per heavy atom. The first-order valence-electron chi connectivity index (χ1n) is 7.23. The summed E-state index contributed by atoms with van der Waals surface area (Å²) >= 11 is 0. The third-order valence-electron chi connectivity index (χ3n) is 2.76. The molecule has 0 spiro atoms. The Hall–Kier alpha value is -2.88. The van der Waals surface area contributed by atoms with Crippen molar-refractivity contribution in [2.45, 2.75) is 13.8 Å². The number of hydrogen-bond donors (Lipinski definition) is 1. The molecule has 1 rings (SSSR count). The highest BCUT2D eigenvalue weighted by Crippen LogP contribution is 2.07. The number of carboxylic acids is 1. The lowest BCUT2D eigenvalue weighted by Crippen LogP contribution is -2.15. The van der Waals surface area contributed by atoms with E-state index in [1.54, 1.807) is 19.1 Å². The second-order valence-electron chi connectivity index (χ2n) is 4.65. The molecule has 0 fully saturated rings. The van der Waals surface area contributed by atoms with Crippen LogP contribution in [-0.4, -0.2) is 23.7 Å². The molecule has 1 N–H and O–H groups in total. The molecule has 0 unspecified atom stereocenters. The third kappa shape index (κ3) is 7.09. The van der Waals surface area contributed by atoms with Gasteiger partial charge in [0.15, 0.2) is 0 Å². The molecule has 0 aliphatic heterocycles. The fraction of sp³-hybridized carbons (Fsp3) is 0.158. The minimum Gasteiger partial charge on any atom is -0.477 e. The average molecular weight is 312 g/mol. The second kappa shape index (κ2) is 9.95. The van der Waals surface area contributed by atoms with Gasteiger partial charge < -0.3 is 9.84 Å². The topological polar surface area (TPSA) is 63.6 Å². The van der Waals surface area contributed by atoms with Gasteiger partial charge in [0.1, 0.15) is 5.57 Å². The van der Waals surface area contributed by atoms with Gasteiger partial charge in [0.2, 0.25) is 0 Å². The van der Waals surface area contributed by atoms with Gasteiger partial charge in [0.05, 0.1) is 6.61 Å². The van der Waals surface area contributed by atoms with Crippen LogP contribution >= 0.6 is 0 Å². The summed E-state index contributed by atoms with van der Waals surface area (Å²) in [6.45, 7) is 3.73. The van der Waals surface area contributed by atoms with Crippen LogP contribution in [0.2, 0.25) is 0 Å². The molecule has 1 aromatic carbocycles. The molecular weight excluding hydrogens is 292 g/mol. The first-order chi connectivity index (χ1) is 11.0. The second-order valence-corrected chi connectivity index (χ2v) is 4.65. The van der Waals surface area contributed by atoms with Crippen LogP contribution < -0.4 is 0 Å². The van der Waals surface area contributed by atoms with Gasteiger partial charge in [-0.05, 0) is 25.5 Å². The number of rotatable bonds is 7. The van der Waals surface area contributed by atoms with E-state index >= 15 is 0 Å². The molecular formula is C19H20O4. The number of hydrogen-bond acceptors (Lipinski definition) is 3. The first-order valence-corrected chi connectivity index (χ1v) is 7.23. The van der Waals surface area contributed by atoms with Gasteiger partial charge in [-0.15, -0.1) is 0 Å². The van der Waals surface area contributed by atoms with Crippen molar-refractivity contribution >= 4 is 18.0 Å². The van der Waals surface area contributed by atoms with Crippen LogP contribution in [0.5, 0.6) is 0 Å². The van der Waals surface area contributed by atoms with Gasteiger partial charge in [-0.3, -0.25) is 0 Å². The van der Waals surface area contributed by atoms with Crippen molar-refractivity contribution in [2.24, 2.45) is 0 Å². The normalized spacial score (nSPS) is 12.8. The highest BCUT2D eigenvalue weighted by atomic mass is 16.5. The Morgan fingerprint density at radius 3 is 2.43 bits per heavy atom. The van der Waals surface area contributed by atoms with E-state index in [9.17, 15) is 9.59 Å². The van der Waals surface area contributed by atoms with Crippen molar-refractivity contribution in [2.75, 3.05) is 6.61 Å². The van der Waals surface area contributed by atoms with Gasteiger partial charge >= 0.3 is 11.9 Å². The summed E-state index contributed by atoms with van der Waals surface area (Å²) in [5.74, 6) is -2.15. The standard InChI is InChI=1S/C19H20O4/c1-3-23-19(22)17(18(20)21)13-9-4-6-10-15(2)14-16-11-7-5-8-12-16/h4-14H,3H2,1-2H3,(H,20,21)/b9-4+,10-6+,15-14+,17-13-. The predicted octanol–water partition coefficient (Wildman–Crippen LogP) is 3.78. The molecule has 0 bridgehead atoms. The number of aliphatic carboxylic acids is 1. The van der Waals surface area contributed by atoms with Crippen molar-refractivity contribution in [3.8, 4) is 0 Å². The van der Waals surface area contributed by atoms with Crippen molar-refractivity contribution in [3.63, 3.8) is 0 Å². The summed E-state index contributed by atoms with van der Waals surface area (Å²) < 4.78 is 4.68. The van der Waals surface area contributed by atoms with Crippen molar-refractivity contribution < 1.29 is 19.4 Å². The summed E-state index contributed by atoms with van der Waals surface area (Å²) in [6.07, 6.45) is 10.1. The van der Waals surface area contributed by atoms with E-state index in [-0.39, 0.29) is 6.61 Å². The summed E-state index contributed by atoms with van der Waals surface area (Å²) in [4.78, 5) is 22.4. The first kappa shape index (κ1) is 18.2. The molecule has 23 heavy (non-hydrogen) atoms. The fourth-order valence-corrected chi connectivity index (χ4v) is 1.72. The zero-order valence-electron chi connectivity index (χ0n) is 13.2. The van der Waals surface area contributed by atoms with Gasteiger partial charge in [-0.25, -0.2) is 9.59 Å². The van der Waals surface area contributed by atoms with Gasteiger partial charge in [-0.1, -0.05) is 66.3 Å². The molecule has 1 aromatic rings. The zero-order valence-corrected chi connectivity index (χ0v) is 13.2. The Labute approximate surface area is 136 Å². The minimum absolute atomic E-state index is 0.135. The molecule has 0 heterocycles. The Morgan fingerprint density at radius 2 is 1.83 bits per heavy atom. The predicted molar refractivity (Wildman–Crippen MR) is 90.7 cm³/mol. The van der Waals surface area contributed by atoms with Crippen LogP contribution in [0.3, 0.4) is 0 Å². The molecule has 0 saturated carbocycles. The van der Waals surface area contributed by atoms with Crippen LogP contribution in [0, 0.1) is 0 Å². The summed E-state index contributed by atoms with van der Waals surface area (Å²) in [7, 11) is 0. The lowest BCUT2D eigenvalue weighted by molar-refractivity contribution is -0.143. The van der Waals surface area contributed by atoms with Gasteiger partial charge in [0, 0.05) is 0 Å². The van der Waals surface area contributed by atoms with Gasteiger partial charge in [-0.2, -0.15) is 0 Å². The zero-order chi connectivity index (χ0) is 17.1. The summed E-state index contributed by atoms with van der Waals surface area (Å²) in [6, 6.07) is 9.91. The number of carbonyl (C=O) groups is 2. The third-order valence-corrected chi connectivity index (χ3v) is 2.76. The molecule has 0 radical (unpaired) electrons. The number of carbonyl (C=O) groups excluding carboxylic acids is 1.